The molecule has 1 amide bonds. The lowest BCUT2D eigenvalue weighted by Crippen LogP contribution is -2.35. The van der Waals surface area contributed by atoms with Crippen LogP contribution in [0.2, 0.25) is 0 Å². The molecule has 1 aliphatic rings. The molecule has 0 unspecified atom stereocenters. The van der Waals surface area contributed by atoms with Gasteiger partial charge in [0, 0.05) is 23.5 Å². The highest BCUT2D eigenvalue weighted by Gasteiger charge is 2.25. The largest absolute Gasteiger partial charge is 0.451 e. The predicted molar refractivity (Wildman–Crippen MR) is 99.6 cm³/mol. The number of nitrogens with zero attached hydrogens (tertiary/aromatic N) is 2. The van der Waals surface area contributed by atoms with Gasteiger partial charge >= 0.3 is 0 Å². The topological polar surface area (TPSA) is 46.3 Å². The number of carbonyl (C=O) groups is 1. The lowest BCUT2D eigenvalue weighted by molar-refractivity contribution is 0.0669. The maximum absolute atomic E-state index is 13.1. The highest BCUT2D eigenvalue weighted by Crippen LogP contribution is 2.27. The van der Waals surface area contributed by atoms with Crippen LogP contribution in [-0.4, -0.2) is 22.3 Å². The second-order valence-corrected chi connectivity index (χ2v) is 7.74. The van der Waals surface area contributed by atoms with Crippen LogP contribution in [0.5, 0.6) is 0 Å². The lowest BCUT2D eigenvalue weighted by Gasteiger charge is -2.28. The van der Waals surface area contributed by atoms with Crippen LogP contribution in [0.15, 0.2) is 46.3 Å². The monoisotopic (exact) mass is 354 g/mol. The van der Waals surface area contributed by atoms with E-state index in [1.54, 1.807) is 17.5 Å². The third-order valence-electron chi connectivity index (χ3n) is 4.94. The Morgan fingerprint density at radius 3 is 2.84 bits per heavy atom. The van der Waals surface area contributed by atoms with Gasteiger partial charge in [-0.1, -0.05) is 37.5 Å². The number of carbonyl (C=O) groups excluding carboxylic acids is 1. The molecule has 2 heterocycles. The van der Waals surface area contributed by atoms with E-state index in [4.69, 9.17) is 4.42 Å². The molecule has 4 rings (SSSR count). The number of furan rings is 1. The van der Waals surface area contributed by atoms with Crippen molar-refractivity contribution in [1.29, 1.82) is 0 Å². The van der Waals surface area contributed by atoms with Gasteiger partial charge in [0.05, 0.1) is 6.54 Å². The summed E-state index contributed by atoms with van der Waals surface area (Å²) in [6, 6.07) is 9.62. The molecule has 0 spiro atoms. The van der Waals surface area contributed by atoms with Gasteiger partial charge in [-0.2, -0.15) is 0 Å². The molecule has 1 aliphatic carbocycles. The fourth-order valence-electron chi connectivity index (χ4n) is 3.64. The summed E-state index contributed by atoms with van der Waals surface area (Å²) < 4.78 is 5.81. The Labute approximate surface area is 151 Å². The molecule has 0 aliphatic heterocycles. The first-order chi connectivity index (χ1) is 12.3. The molecule has 0 saturated heterocycles. The van der Waals surface area contributed by atoms with E-state index >= 15 is 0 Å². The van der Waals surface area contributed by atoms with Crippen molar-refractivity contribution in [3.05, 3.63) is 52.7 Å². The molecule has 0 atom stereocenters. The van der Waals surface area contributed by atoms with E-state index in [2.05, 4.69) is 4.98 Å². The van der Waals surface area contributed by atoms with Gasteiger partial charge < -0.3 is 9.32 Å². The van der Waals surface area contributed by atoms with Gasteiger partial charge in [0.15, 0.2) is 5.76 Å². The minimum Gasteiger partial charge on any atom is -0.451 e. The molecule has 5 heteroatoms. The lowest BCUT2D eigenvalue weighted by atomic mass is 9.89. The van der Waals surface area contributed by atoms with Gasteiger partial charge in [-0.05, 0) is 30.9 Å². The van der Waals surface area contributed by atoms with Crippen molar-refractivity contribution in [1.82, 2.24) is 9.88 Å². The van der Waals surface area contributed by atoms with Crippen molar-refractivity contribution in [3.63, 3.8) is 0 Å². The van der Waals surface area contributed by atoms with Crippen molar-refractivity contribution in [3.8, 4) is 0 Å². The van der Waals surface area contributed by atoms with Crippen molar-refractivity contribution < 1.29 is 9.21 Å². The number of aromatic nitrogens is 1. The molecule has 1 aromatic carbocycles. The van der Waals surface area contributed by atoms with Crippen molar-refractivity contribution in [2.75, 3.05) is 6.54 Å². The summed E-state index contributed by atoms with van der Waals surface area (Å²) in [5.74, 6) is 0.979. The third kappa shape index (κ3) is 3.76. The molecular formula is C20H22N2O2S. The van der Waals surface area contributed by atoms with Gasteiger partial charge in [0.25, 0.3) is 5.91 Å². The molecule has 2 aromatic heterocycles. The van der Waals surface area contributed by atoms with E-state index < -0.39 is 0 Å². The van der Waals surface area contributed by atoms with Crippen molar-refractivity contribution in [2.24, 2.45) is 5.92 Å². The smallest absolute Gasteiger partial charge is 0.289 e. The minimum absolute atomic E-state index is 0.0306. The van der Waals surface area contributed by atoms with Crippen LogP contribution in [0.3, 0.4) is 0 Å². The summed E-state index contributed by atoms with van der Waals surface area (Å²) in [7, 11) is 0. The number of thiazole rings is 1. The Morgan fingerprint density at radius 2 is 2.08 bits per heavy atom. The second-order valence-electron chi connectivity index (χ2n) is 6.76. The van der Waals surface area contributed by atoms with Crippen LogP contribution in [0, 0.1) is 5.92 Å². The van der Waals surface area contributed by atoms with Gasteiger partial charge in [-0.25, -0.2) is 4.98 Å². The molecule has 1 fully saturated rings. The predicted octanol–water partition coefficient (Wildman–Crippen LogP) is 5.11. The van der Waals surface area contributed by atoms with E-state index in [1.165, 1.54) is 32.1 Å². The Hall–Kier alpha value is -2.14. The number of hydrogen-bond donors (Lipinski definition) is 0. The number of amides is 1. The van der Waals surface area contributed by atoms with Crippen LogP contribution in [-0.2, 0) is 6.54 Å². The number of hydrogen-bond acceptors (Lipinski definition) is 4. The second kappa shape index (κ2) is 7.40. The number of rotatable bonds is 5. The maximum Gasteiger partial charge on any atom is 0.289 e. The Balaban J connectivity index is 1.57. The van der Waals surface area contributed by atoms with Gasteiger partial charge in [0.1, 0.15) is 10.6 Å². The van der Waals surface area contributed by atoms with Crippen LogP contribution in [0.1, 0.15) is 47.7 Å². The molecule has 0 bridgehead atoms. The highest BCUT2D eigenvalue weighted by molar-refractivity contribution is 7.09. The van der Waals surface area contributed by atoms with E-state index in [-0.39, 0.29) is 5.91 Å². The number of fused-ring (bicyclic) bond motifs is 1. The van der Waals surface area contributed by atoms with Crippen LogP contribution in [0.25, 0.3) is 11.0 Å². The molecule has 25 heavy (non-hydrogen) atoms. The summed E-state index contributed by atoms with van der Waals surface area (Å²) >= 11 is 1.60. The maximum atomic E-state index is 13.1. The molecule has 3 aromatic rings. The standard InChI is InChI=1S/C20H22N2O2S/c23-20(18-12-16-8-4-5-9-17(16)24-18)22(14-19-21-10-11-25-19)13-15-6-2-1-3-7-15/h4-5,8-12,15H,1-3,6-7,13-14H2. The summed E-state index contributed by atoms with van der Waals surface area (Å²) in [4.78, 5) is 19.4. The van der Waals surface area contributed by atoms with Crippen molar-refractivity contribution in [2.45, 2.75) is 38.6 Å². The molecule has 1 saturated carbocycles. The van der Waals surface area contributed by atoms with Crippen LogP contribution >= 0.6 is 11.3 Å². The van der Waals surface area contributed by atoms with Crippen LogP contribution in [0.4, 0.5) is 0 Å². The zero-order valence-electron chi connectivity index (χ0n) is 14.2. The van der Waals surface area contributed by atoms with E-state index in [9.17, 15) is 4.79 Å². The summed E-state index contributed by atoms with van der Waals surface area (Å²) in [6.45, 7) is 1.35. The first-order valence-electron chi connectivity index (χ1n) is 8.96. The normalized spacial score (nSPS) is 15.5. The minimum atomic E-state index is -0.0306. The van der Waals surface area contributed by atoms with Gasteiger partial charge in [-0.3, -0.25) is 4.79 Å². The first-order valence-corrected chi connectivity index (χ1v) is 9.84. The zero-order valence-corrected chi connectivity index (χ0v) is 15.0. The summed E-state index contributed by atoms with van der Waals surface area (Å²) in [5.41, 5.74) is 0.762. The molecule has 0 N–H and O–H groups in total. The molecule has 130 valence electrons. The van der Waals surface area contributed by atoms with Gasteiger partial charge in [0.2, 0.25) is 0 Å². The quantitative estimate of drug-likeness (QED) is 0.639. The van der Waals surface area contributed by atoms with Gasteiger partial charge in [-0.15, -0.1) is 11.3 Å². The third-order valence-corrected chi connectivity index (χ3v) is 5.70. The Kier molecular flexibility index (Phi) is 4.83. The summed E-state index contributed by atoms with van der Waals surface area (Å²) in [6.07, 6.45) is 8.08. The Bertz CT molecular complexity index is 801. The van der Waals surface area contributed by atoms with E-state index in [0.717, 1.165) is 22.5 Å². The zero-order chi connectivity index (χ0) is 17.1. The Morgan fingerprint density at radius 1 is 1.24 bits per heavy atom. The SMILES string of the molecule is O=C(c1cc2ccccc2o1)N(Cc1nccs1)CC1CCCCC1. The highest BCUT2D eigenvalue weighted by atomic mass is 32.1. The summed E-state index contributed by atoms with van der Waals surface area (Å²) in [5, 5.41) is 3.90. The number of para-hydroxylation sites is 1. The van der Waals surface area contributed by atoms with Crippen LogP contribution < -0.4 is 0 Å². The molecule has 0 radical (unpaired) electrons. The van der Waals surface area contributed by atoms with Crippen molar-refractivity contribution >= 4 is 28.2 Å². The fourth-order valence-corrected chi connectivity index (χ4v) is 4.27. The molecular weight excluding hydrogens is 332 g/mol. The molecule has 4 nitrogen and oxygen atoms in total. The fraction of sp³-hybridized carbons (Fsp3) is 0.400. The van der Waals surface area contributed by atoms with E-state index in [1.807, 2.05) is 40.6 Å². The average molecular weight is 354 g/mol. The average Bonchev–Trinajstić information content (AvgIpc) is 3.30. The first kappa shape index (κ1) is 16.3. The van der Waals surface area contributed by atoms with E-state index in [0.29, 0.717) is 18.2 Å². The number of benzene rings is 1.